The van der Waals surface area contributed by atoms with Crippen molar-refractivity contribution in [3.63, 3.8) is 0 Å². The van der Waals surface area contributed by atoms with E-state index in [1.807, 2.05) is 0 Å². The molecule has 0 aromatic carbocycles. The fourth-order valence-corrected chi connectivity index (χ4v) is 3.38. The van der Waals surface area contributed by atoms with Gasteiger partial charge in [0.15, 0.2) is 0 Å². The predicted molar refractivity (Wildman–Crippen MR) is 94.4 cm³/mol. The zero-order chi connectivity index (χ0) is 17.5. The maximum Gasteiger partial charge on any atom is 0.260 e. The van der Waals surface area contributed by atoms with Crippen LogP contribution in [0.5, 0.6) is 0 Å². The van der Waals surface area contributed by atoms with Gasteiger partial charge in [-0.2, -0.15) is 0 Å². The van der Waals surface area contributed by atoms with Crippen molar-refractivity contribution in [3.8, 4) is 0 Å². The summed E-state index contributed by atoms with van der Waals surface area (Å²) in [6.07, 6.45) is 2.14. The lowest BCUT2D eigenvalue weighted by atomic mass is 9.92. The fourth-order valence-electron chi connectivity index (χ4n) is 3.38. The molecule has 2 N–H and O–H groups in total. The maximum atomic E-state index is 12.4. The summed E-state index contributed by atoms with van der Waals surface area (Å²) in [5.74, 6) is 0.208. The number of nitrogens with zero attached hydrogens (tertiary/aromatic N) is 1. The van der Waals surface area contributed by atoms with Crippen LogP contribution in [0.15, 0.2) is 16.9 Å². The smallest absolute Gasteiger partial charge is 0.260 e. The number of hydrogen-bond donors (Lipinski definition) is 2. The third-order valence-electron chi connectivity index (χ3n) is 4.88. The molecule has 1 saturated heterocycles. The van der Waals surface area contributed by atoms with Crippen LogP contribution in [0.2, 0.25) is 0 Å². The Labute approximate surface area is 143 Å². The molecule has 1 aromatic heterocycles. The van der Waals surface area contributed by atoms with Crippen molar-refractivity contribution in [3.05, 3.63) is 33.7 Å². The van der Waals surface area contributed by atoms with E-state index in [0.29, 0.717) is 12.5 Å². The molecule has 1 unspecified atom stereocenters. The summed E-state index contributed by atoms with van der Waals surface area (Å²) in [4.78, 5) is 29.4. The van der Waals surface area contributed by atoms with E-state index >= 15 is 0 Å². The summed E-state index contributed by atoms with van der Waals surface area (Å²) in [5.41, 5.74) is 0.587. The molecule has 2 rings (SSSR count). The average molecular weight is 335 g/mol. The van der Waals surface area contributed by atoms with E-state index in [1.165, 1.54) is 0 Å². The summed E-state index contributed by atoms with van der Waals surface area (Å²) in [7, 11) is 0. The largest absolute Gasteiger partial charge is 0.379 e. The van der Waals surface area contributed by atoms with Crippen LogP contribution in [0.4, 0.5) is 0 Å². The molecular weight excluding hydrogens is 306 g/mol. The zero-order valence-electron chi connectivity index (χ0n) is 14.9. The number of aryl methyl sites for hydroxylation is 1. The highest BCUT2D eigenvalue weighted by Gasteiger charge is 2.27. The number of carbonyl (C=O) groups is 1. The first-order valence-electron chi connectivity index (χ1n) is 8.86. The molecule has 0 spiro atoms. The monoisotopic (exact) mass is 335 g/mol. The maximum absolute atomic E-state index is 12.4. The van der Waals surface area contributed by atoms with Crippen LogP contribution >= 0.6 is 0 Å². The lowest BCUT2D eigenvalue weighted by Crippen LogP contribution is -2.52. The van der Waals surface area contributed by atoms with E-state index in [2.05, 4.69) is 29.0 Å². The van der Waals surface area contributed by atoms with Gasteiger partial charge in [0.1, 0.15) is 5.56 Å². The van der Waals surface area contributed by atoms with Gasteiger partial charge in [0.2, 0.25) is 0 Å². The highest BCUT2D eigenvalue weighted by Crippen LogP contribution is 2.19. The predicted octanol–water partition coefficient (Wildman–Crippen LogP) is 1.55. The van der Waals surface area contributed by atoms with Crippen LogP contribution in [-0.4, -0.2) is 54.7 Å². The van der Waals surface area contributed by atoms with Gasteiger partial charge in [-0.1, -0.05) is 26.7 Å². The Balaban J connectivity index is 2.05. The zero-order valence-corrected chi connectivity index (χ0v) is 14.9. The summed E-state index contributed by atoms with van der Waals surface area (Å²) in [5, 5.41) is 2.96. The first-order chi connectivity index (χ1) is 11.6. The minimum atomic E-state index is -0.335. The van der Waals surface area contributed by atoms with Gasteiger partial charge in [0.05, 0.1) is 13.2 Å². The highest BCUT2D eigenvalue weighted by atomic mass is 16.5. The third-order valence-corrected chi connectivity index (χ3v) is 4.88. The highest BCUT2D eigenvalue weighted by molar-refractivity contribution is 5.93. The van der Waals surface area contributed by atoms with Gasteiger partial charge in [-0.25, -0.2) is 0 Å². The molecule has 1 amide bonds. The number of morpholine rings is 1. The van der Waals surface area contributed by atoms with Gasteiger partial charge in [0, 0.05) is 31.4 Å². The number of pyridine rings is 1. The van der Waals surface area contributed by atoms with Crippen LogP contribution < -0.4 is 10.9 Å². The lowest BCUT2D eigenvalue weighted by Gasteiger charge is -2.38. The number of rotatable bonds is 7. The van der Waals surface area contributed by atoms with E-state index in [1.54, 1.807) is 19.1 Å². The Kier molecular flexibility index (Phi) is 6.99. The Morgan fingerprint density at radius 2 is 1.96 bits per heavy atom. The normalized spacial score (nSPS) is 17.0. The second-order valence-corrected chi connectivity index (χ2v) is 6.39. The van der Waals surface area contributed by atoms with Crippen molar-refractivity contribution >= 4 is 5.91 Å². The summed E-state index contributed by atoms with van der Waals surface area (Å²) >= 11 is 0. The summed E-state index contributed by atoms with van der Waals surface area (Å²) in [6.45, 7) is 9.99. The van der Waals surface area contributed by atoms with Gasteiger partial charge in [-0.05, 0) is 25.0 Å². The molecule has 1 aliphatic rings. The molecule has 1 aromatic rings. The molecule has 134 valence electrons. The van der Waals surface area contributed by atoms with Gasteiger partial charge < -0.3 is 15.0 Å². The topological polar surface area (TPSA) is 74.4 Å². The van der Waals surface area contributed by atoms with Crippen molar-refractivity contribution in [1.29, 1.82) is 0 Å². The second-order valence-electron chi connectivity index (χ2n) is 6.39. The molecule has 0 saturated carbocycles. The molecule has 0 radical (unpaired) electrons. The van der Waals surface area contributed by atoms with Gasteiger partial charge in [-0.3, -0.25) is 14.5 Å². The van der Waals surface area contributed by atoms with Gasteiger partial charge in [-0.15, -0.1) is 0 Å². The number of aromatic amines is 1. The van der Waals surface area contributed by atoms with E-state index < -0.39 is 0 Å². The van der Waals surface area contributed by atoms with Crippen LogP contribution in [0.1, 0.15) is 42.7 Å². The standard InChI is InChI=1S/C18H29N3O3/c1-4-14(5-2)16(21-8-10-24-11-9-21)12-19-17(22)15-7-6-13(3)20-18(15)23/h6-7,14,16H,4-5,8-12H2,1-3H3,(H,19,22)(H,20,23). The van der Waals surface area contributed by atoms with Gasteiger partial charge in [0.25, 0.3) is 11.5 Å². The first-order valence-corrected chi connectivity index (χ1v) is 8.86. The van der Waals surface area contributed by atoms with E-state index in [4.69, 9.17) is 4.74 Å². The number of ether oxygens (including phenoxy) is 1. The van der Waals surface area contributed by atoms with Crippen molar-refractivity contribution in [2.45, 2.75) is 39.7 Å². The van der Waals surface area contributed by atoms with Crippen LogP contribution in [0.3, 0.4) is 0 Å². The second kappa shape index (κ2) is 8.99. The minimum Gasteiger partial charge on any atom is -0.379 e. The summed E-state index contributed by atoms with van der Waals surface area (Å²) < 4.78 is 5.44. The van der Waals surface area contributed by atoms with E-state index in [9.17, 15) is 9.59 Å². The summed E-state index contributed by atoms with van der Waals surface area (Å²) in [6, 6.07) is 3.61. The molecule has 1 aliphatic heterocycles. The number of nitrogens with one attached hydrogen (secondary N) is 2. The first kappa shape index (κ1) is 18.7. The van der Waals surface area contributed by atoms with Crippen molar-refractivity contribution in [2.24, 2.45) is 5.92 Å². The Morgan fingerprint density at radius 1 is 1.29 bits per heavy atom. The van der Waals surface area contributed by atoms with E-state index in [0.717, 1.165) is 44.8 Å². The Hall–Kier alpha value is -1.66. The molecular formula is C18H29N3O3. The van der Waals surface area contributed by atoms with Crippen molar-refractivity contribution < 1.29 is 9.53 Å². The SMILES string of the molecule is CCC(CC)C(CNC(=O)c1ccc(C)[nH]c1=O)N1CCOCC1. The van der Waals surface area contributed by atoms with E-state index in [-0.39, 0.29) is 23.1 Å². The molecule has 2 heterocycles. The number of aromatic nitrogens is 1. The molecule has 1 atom stereocenters. The quantitative estimate of drug-likeness (QED) is 0.793. The van der Waals surface area contributed by atoms with Gasteiger partial charge >= 0.3 is 0 Å². The van der Waals surface area contributed by atoms with Crippen LogP contribution in [0, 0.1) is 12.8 Å². The average Bonchev–Trinajstić information content (AvgIpc) is 2.59. The number of hydrogen-bond acceptors (Lipinski definition) is 4. The lowest BCUT2D eigenvalue weighted by molar-refractivity contribution is 0.00191. The molecule has 6 heteroatoms. The van der Waals surface area contributed by atoms with Crippen LogP contribution in [-0.2, 0) is 4.74 Å². The fraction of sp³-hybridized carbons (Fsp3) is 0.667. The molecule has 6 nitrogen and oxygen atoms in total. The Bertz CT molecular complexity index is 589. The third kappa shape index (κ3) is 4.68. The molecule has 0 aliphatic carbocycles. The molecule has 0 bridgehead atoms. The van der Waals surface area contributed by atoms with Crippen molar-refractivity contribution in [2.75, 3.05) is 32.8 Å². The van der Waals surface area contributed by atoms with Crippen molar-refractivity contribution in [1.82, 2.24) is 15.2 Å². The Morgan fingerprint density at radius 3 is 2.54 bits per heavy atom. The van der Waals surface area contributed by atoms with Crippen LogP contribution in [0.25, 0.3) is 0 Å². The molecule has 1 fully saturated rings. The minimum absolute atomic E-state index is 0.172. The number of carbonyl (C=O) groups excluding carboxylic acids is 1. The molecule has 24 heavy (non-hydrogen) atoms. The number of H-pyrrole nitrogens is 1. The number of amides is 1.